The summed E-state index contributed by atoms with van der Waals surface area (Å²) in [5.41, 5.74) is 0.337. The van der Waals surface area contributed by atoms with Crippen LogP contribution in [0.2, 0.25) is 0 Å². The maximum absolute atomic E-state index is 14.1. The van der Waals surface area contributed by atoms with E-state index in [1.807, 2.05) is 43.4 Å². The van der Waals surface area contributed by atoms with E-state index in [0.717, 1.165) is 56.5 Å². The molecule has 1 N–H and O–H groups in total. The molecule has 2 aliphatic rings. The lowest BCUT2D eigenvalue weighted by molar-refractivity contribution is -0.124. The van der Waals surface area contributed by atoms with Gasteiger partial charge in [-0.2, -0.15) is 0 Å². The highest BCUT2D eigenvalue weighted by Gasteiger charge is 2.37. The zero-order valence-electron chi connectivity index (χ0n) is 22.5. The van der Waals surface area contributed by atoms with Gasteiger partial charge in [0, 0.05) is 29.7 Å². The largest absolute Gasteiger partial charge is 0.477 e. The third-order valence-corrected chi connectivity index (χ3v) is 9.69. The number of carbonyl (C=O) groups excluding carboxylic acids is 1. The fraction of sp³-hybridized carbons (Fsp3) is 0.643. The molecule has 4 rings (SSSR count). The summed E-state index contributed by atoms with van der Waals surface area (Å²) >= 11 is 2.92. The summed E-state index contributed by atoms with van der Waals surface area (Å²) in [6.07, 6.45) is 9.10. The van der Waals surface area contributed by atoms with Crippen LogP contribution in [0, 0.1) is 29.1 Å². The van der Waals surface area contributed by atoms with Crippen LogP contribution < -0.4 is 4.90 Å². The lowest BCUT2D eigenvalue weighted by Gasteiger charge is -2.39. The molecule has 200 valence electrons. The Labute approximate surface area is 228 Å². The molecular weight excluding hydrogens is 504 g/mol. The molecule has 7 nitrogen and oxygen atoms in total. The Bertz CT molecular complexity index is 1170. The van der Waals surface area contributed by atoms with E-state index in [1.54, 1.807) is 18.1 Å². The minimum atomic E-state index is -0.995. The summed E-state index contributed by atoms with van der Waals surface area (Å²) in [7, 11) is 1.95. The van der Waals surface area contributed by atoms with Crippen molar-refractivity contribution in [3.8, 4) is 11.8 Å². The molecule has 0 radical (unpaired) electrons. The number of aromatic carboxylic acids is 1. The molecule has 0 bridgehead atoms. The first-order valence-corrected chi connectivity index (χ1v) is 15.0. The molecule has 2 aromatic rings. The Morgan fingerprint density at radius 2 is 1.81 bits per heavy atom. The fourth-order valence-corrected chi connectivity index (χ4v) is 7.13. The van der Waals surface area contributed by atoms with Gasteiger partial charge < -0.3 is 14.6 Å². The normalized spacial score (nSPS) is 24.2. The van der Waals surface area contributed by atoms with Crippen LogP contribution in [-0.4, -0.2) is 43.0 Å². The fourth-order valence-electron chi connectivity index (χ4n) is 5.17. The van der Waals surface area contributed by atoms with Crippen molar-refractivity contribution in [3.05, 3.63) is 22.1 Å². The third kappa shape index (κ3) is 6.97. The van der Waals surface area contributed by atoms with E-state index in [1.165, 1.54) is 11.3 Å². The first-order valence-electron chi connectivity index (χ1n) is 13.3. The van der Waals surface area contributed by atoms with Crippen molar-refractivity contribution in [2.75, 3.05) is 4.90 Å². The van der Waals surface area contributed by atoms with Gasteiger partial charge in [0.25, 0.3) is 0 Å². The van der Waals surface area contributed by atoms with Crippen molar-refractivity contribution >= 4 is 40.7 Å². The van der Waals surface area contributed by atoms with E-state index >= 15 is 0 Å². The van der Waals surface area contributed by atoms with Crippen molar-refractivity contribution in [1.29, 1.82) is 0 Å². The molecule has 37 heavy (non-hydrogen) atoms. The Balaban J connectivity index is 1.62. The van der Waals surface area contributed by atoms with Crippen LogP contribution in [0.15, 0.2) is 17.6 Å². The highest BCUT2D eigenvalue weighted by molar-refractivity contribution is 7.99. The number of thioether (sulfide) groups is 1. The number of amides is 1. The minimum Gasteiger partial charge on any atom is -0.477 e. The van der Waals surface area contributed by atoms with Crippen LogP contribution >= 0.6 is 23.1 Å². The lowest BCUT2D eigenvalue weighted by atomic mass is 9.81. The van der Waals surface area contributed by atoms with Gasteiger partial charge >= 0.3 is 5.97 Å². The van der Waals surface area contributed by atoms with Crippen LogP contribution in [0.5, 0.6) is 0 Å². The van der Waals surface area contributed by atoms with E-state index in [-0.39, 0.29) is 28.2 Å². The molecule has 0 unspecified atom stereocenters. The molecule has 2 saturated carbocycles. The summed E-state index contributed by atoms with van der Waals surface area (Å²) < 4.78 is 1.93. The molecule has 1 amide bonds. The number of rotatable bonds is 6. The number of carboxylic acid groups (broad SMARTS) is 1. The van der Waals surface area contributed by atoms with Gasteiger partial charge in [-0.15, -0.1) is 21.5 Å². The van der Waals surface area contributed by atoms with Gasteiger partial charge in [-0.25, -0.2) is 4.79 Å². The maximum Gasteiger partial charge on any atom is 0.348 e. The average Bonchev–Trinajstić information content (AvgIpc) is 3.45. The molecule has 2 heterocycles. The Morgan fingerprint density at radius 3 is 2.38 bits per heavy atom. The Kier molecular flexibility index (Phi) is 8.70. The highest BCUT2D eigenvalue weighted by atomic mass is 32.2. The molecule has 9 heteroatoms. The van der Waals surface area contributed by atoms with Gasteiger partial charge in [0.05, 0.1) is 10.6 Å². The molecule has 2 aliphatic carbocycles. The van der Waals surface area contributed by atoms with E-state index < -0.39 is 5.97 Å². The van der Waals surface area contributed by atoms with Gasteiger partial charge in [-0.1, -0.05) is 30.5 Å². The summed E-state index contributed by atoms with van der Waals surface area (Å²) in [6.45, 7) is 8.34. The summed E-state index contributed by atoms with van der Waals surface area (Å²) in [4.78, 5) is 29.2. The van der Waals surface area contributed by atoms with Crippen molar-refractivity contribution in [2.45, 2.75) is 95.5 Å². The number of carbonyl (C=O) groups is 2. The number of hydrogen-bond donors (Lipinski definition) is 1. The number of hydrogen-bond acceptors (Lipinski definition) is 6. The summed E-state index contributed by atoms with van der Waals surface area (Å²) in [5.74, 6) is 6.07. The van der Waals surface area contributed by atoms with Crippen LogP contribution in [-0.2, 0) is 11.8 Å². The molecule has 0 aromatic carbocycles. The average molecular weight is 543 g/mol. The molecule has 2 fully saturated rings. The predicted molar refractivity (Wildman–Crippen MR) is 149 cm³/mol. The molecular formula is C28H38N4O3S2. The van der Waals surface area contributed by atoms with Gasteiger partial charge in [0.1, 0.15) is 11.2 Å². The minimum absolute atomic E-state index is 0.0145. The number of aryl methyl sites for hydroxylation is 1. The third-order valence-electron chi connectivity index (χ3n) is 7.28. The Hall–Kier alpha value is -2.31. The number of nitrogens with zero attached hydrogens (tertiary/aromatic N) is 4. The lowest BCUT2D eigenvalue weighted by Crippen LogP contribution is -2.46. The second-order valence-electron chi connectivity index (χ2n) is 11.6. The second kappa shape index (κ2) is 11.6. The van der Waals surface area contributed by atoms with Gasteiger partial charge in [-0.3, -0.25) is 4.79 Å². The first kappa shape index (κ1) is 27.7. The van der Waals surface area contributed by atoms with Crippen molar-refractivity contribution in [1.82, 2.24) is 14.8 Å². The highest BCUT2D eigenvalue weighted by Crippen LogP contribution is 2.41. The van der Waals surface area contributed by atoms with Crippen LogP contribution in [0.3, 0.4) is 0 Å². The molecule has 0 aliphatic heterocycles. The van der Waals surface area contributed by atoms with Crippen LogP contribution in [0.4, 0.5) is 5.69 Å². The summed E-state index contributed by atoms with van der Waals surface area (Å²) in [5, 5.41) is 19.6. The maximum atomic E-state index is 14.1. The van der Waals surface area contributed by atoms with E-state index in [9.17, 15) is 14.7 Å². The second-order valence-corrected chi connectivity index (χ2v) is 13.9. The number of thiophene rings is 1. The number of aromatic nitrogens is 3. The topological polar surface area (TPSA) is 88.3 Å². The van der Waals surface area contributed by atoms with Gasteiger partial charge in [0.15, 0.2) is 5.16 Å². The predicted octanol–water partition coefficient (Wildman–Crippen LogP) is 6.24. The van der Waals surface area contributed by atoms with Crippen molar-refractivity contribution in [2.24, 2.45) is 24.3 Å². The van der Waals surface area contributed by atoms with E-state index in [2.05, 4.69) is 29.0 Å². The van der Waals surface area contributed by atoms with Crippen molar-refractivity contribution in [3.63, 3.8) is 0 Å². The van der Waals surface area contributed by atoms with E-state index in [4.69, 9.17) is 0 Å². The smallest absolute Gasteiger partial charge is 0.348 e. The van der Waals surface area contributed by atoms with Gasteiger partial charge in [-0.05, 0) is 84.1 Å². The molecule has 0 atom stereocenters. The molecule has 0 spiro atoms. The van der Waals surface area contributed by atoms with Gasteiger partial charge in [0.2, 0.25) is 5.91 Å². The zero-order valence-corrected chi connectivity index (χ0v) is 24.1. The van der Waals surface area contributed by atoms with Crippen LogP contribution in [0.1, 0.15) is 93.6 Å². The number of anilines is 1. The Morgan fingerprint density at radius 1 is 1.14 bits per heavy atom. The SMILES string of the molecule is Cn1cnnc1S[C@H]1CC[C@@H](N(c2cc(C#CC(C)(C)C)sc2C(=O)O)C(=O)[C@H]2CC[C@H](C)CC2)CC1. The quantitative estimate of drug-likeness (QED) is 0.435. The first-order chi connectivity index (χ1) is 17.5. The standard InChI is InChI=1S/C28H38N4O3S2/c1-18-6-8-19(9-7-18)25(33)32(20-10-12-21(13-11-20)37-27-30-29-17-31(27)5)23-16-22(14-15-28(2,3)4)36-24(23)26(34)35/h16-21H,6-13H2,1-5H3,(H,34,35)/t18-,19-,20-,21+. The monoisotopic (exact) mass is 542 g/mol. The number of carboxylic acids is 1. The molecule has 0 saturated heterocycles. The van der Waals surface area contributed by atoms with Crippen molar-refractivity contribution < 1.29 is 14.7 Å². The summed E-state index contributed by atoms with van der Waals surface area (Å²) in [6, 6.07) is 1.83. The molecule has 2 aromatic heterocycles. The zero-order chi connectivity index (χ0) is 26.7. The van der Waals surface area contributed by atoms with E-state index in [0.29, 0.717) is 21.7 Å². The van der Waals surface area contributed by atoms with Crippen LogP contribution in [0.25, 0.3) is 0 Å².